The molecule has 0 bridgehead atoms. The predicted octanol–water partition coefficient (Wildman–Crippen LogP) is 1.80. The zero-order chi connectivity index (χ0) is 13.4. The Morgan fingerprint density at radius 3 is 3.00 bits per heavy atom. The number of nitrogens with one attached hydrogen (secondary N) is 1. The van der Waals surface area contributed by atoms with Crippen LogP contribution in [0.3, 0.4) is 0 Å². The van der Waals surface area contributed by atoms with E-state index in [1.54, 1.807) is 0 Å². The van der Waals surface area contributed by atoms with E-state index < -0.39 is 0 Å². The molecule has 0 atom stereocenters. The maximum absolute atomic E-state index is 4.85. The Hall–Kier alpha value is -1.46. The molecule has 106 valence electrons. The first kappa shape index (κ1) is 12.3. The van der Waals surface area contributed by atoms with E-state index >= 15 is 0 Å². The van der Waals surface area contributed by atoms with E-state index in [1.165, 1.54) is 51.0 Å². The number of benzene rings is 1. The molecule has 1 spiro atoms. The summed E-state index contributed by atoms with van der Waals surface area (Å²) in [6.45, 7) is 5.73. The minimum Gasteiger partial charge on any atom is -0.317 e. The molecule has 0 radical (unpaired) electrons. The molecule has 2 aliphatic heterocycles. The van der Waals surface area contributed by atoms with Crippen LogP contribution in [0.15, 0.2) is 22.8 Å². The van der Waals surface area contributed by atoms with Gasteiger partial charge in [0.15, 0.2) is 0 Å². The van der Waals surface area contributed by atoms with E-state index in [4.69, 9.17) is 4.63 Å². The lowest BCUT2D eigenvalue weighted by Crippen LogP contribution is -2.38. The zero-order valence-electron chi connectivity index (χ0n) is 11.6. The number of hydrogen-bond donors (Lipinski definition) is 1. The van der Waals surface area contributed by atoms with Crippen molar-refractivity contribution in [2.75, 3.05) is 26.2 Å². The Kier molecular flexibility index (Phi) is 2.97. The summed E-state index contributed by atoms with van der Waals surface area (Å²) in [6, 6.07) is 6.13. The highest BCUT2D eigenvalue weighted by Gasteiger charge is 2.38. The summed E-state index contributed by atoms with van der Waals surface area (Å²) < 4.78 is 4.85. The third kappa shape index (κ3) is 2.11. The van der Waals surface area contributed by atoms with Crippen LogP contribution in [-0.2, 0) is 6.54 Å². The molecule has 5 heteroatoms. The molecule has 0 aliphatic carbocycles. The monoisotopic (exact) mass is 272 g/mol. The van der Waals surface area contributed by atoms with Gasteiger partial charge in [0.25, 0.3) is 0 Å². The van der Waals surface area contributed by atoms with Gasteiger partial charge in [-0.25, -0.2) is 4.63 Å². The van der Waals surface area contributed by atoms with Gasteiger partial charge >= 0.3 is 0 Å². The van der Waals surface area contributed by atoms with E-state index in [2.05, 4.69) is 26.6 Å². The number of piperidine rings is 1. The second-order valence-electron chi connectivity index (χ2n) is 6.26. The topological polar surface area (TPSA) is 54.2 Å². The lowest BCUT2D eigenvalue weighted by molar-refractivity contribution is 0.194. The van der Waals surface area contributed by atoms with Gasteiger partial charge < -0.3 is 5.32 Å². The van der Waals surface area contributed by atoms with E-state index in [0.29, 0.717) is 5.41 Å². The summed E-state index contributed by atoms with van der Waals surface area (Å²) in [6.07, 6.45) is 3.97. The van der Waals surface area contributed by atoms with Gasteiger partial charge in [0.05, 0.1) is 0 Å². The van der Waals surface area contributed by atoms with Crippen LogP contribution < -0.4 is 5.32 Å². The highest BCUT2D eigenvalue weighted by Crippen LogP contribution is 2.39. The highest BCUT2D eigenvalue weighted by molar-refractivity contribution is 5.76. The molecule has 5 nitrogen and oxygen atoms in total. The normalized spacial score (nSPS) is 22.8. The van der Waals surface area contributed by atoms with E-state index in [9.17, 15) is 0 Å². The molecule has 1 aromatic carbocycles. The third-order valence-corrected chi connectivity index (χ3v) is 4.95. The molecule has 1 aromatic heterocycles. The Bertz CT molecular complexity index is 603. The fourth-order valence-electron chi connectivity index (χ4n) is 3.76. The largest absolute Gasteiger partial charge is 0.317 e. The van der Waals surface area contributed by atoms with Gasteiger partial charge in [-0.1, -0.05) is 12.1 Å². The van der Waals surface area contributed by atoms with Crippen LogP contribution in [0.4, 0.5) is 0 Å². The fraction of sp³-hybridized carbons (Fsp3) is 0.600. The van der Waals surface area contributed by atoms with Gasteiger partial charge in [-0.05, 0) is 66.3 Å². The molecular formula is C15H20N4O. The number of likely N-dealkylation sites (tertiary alicyclic amines) is 1. The fourth-order valence-corrected chi connectivity index (χ4v) is 3.76. The van der Waals surface area contributed by atoms with Gasteiger partial charge in [0, 0.05) is 13.1 Å². The average Bonchev–Trinajstić information content (AvgIpc) is 3.08. The Balaban J connectivity index is 1.51. The molecule has 0 unspecified atom stereocenters. The number of fused-ring (bicyclic) bond motifs is 1. The zero-order valence-corrected chi connectivity index (χ0v) is 11.6. The summed E-state index contributed by atoms with van der Waals surface area (Å²) in [7, 11) is 0. The van der Waals surface area contributed by atoms with Crippen molar-refractivity contribution in [3.8, 4) is 0 Å². The summed E-state index contributed by atoms with van der Waals surface area (Å²) >= 11 is 0. The van der Waals surface area contributed by atoms with Crippen molar-refractivity contribution in [1.82, 2.24) is 20.5 Å². The number of nitrogens with zero attached hydrogens (tertiary/aromatic N) is 3. The van der Waals surface area contributed by atoms with Gasteiger partial charge in [0.1, 0.15) is 11.0 Å². The van der Waals surface area contributed by atoms with Crippen LogP contribution in [0.25, 0.3) is 11.0 Å². The van der Waals surface area contributed by atoms with E-state index in [-0.39, 0.29) is 0 Å². The van der Waals surface area contributed by atoms with Crippen molar-refractivity contribution in [3.63, 3.8) is 0 Å². The maximum Gasteiger partial charge on any atom is 0.139 e. The Morgan fingerprint density at radius 2 is 2.10 bits per heavy atom. The quantitative estimate of drug-likeness (QED) is 0.903. The van der Waals surface area contributed by atoms with Crippen LogP contribution >= 0.6 is 0 Å². The van der Waals surface area contributed by atoms with Crippen LogP contribution in [0.5, 0.6) is 0 Å². The average molecular weight is 272 g/mol. The first-order valence-electron chi connectivity index (χ1n) is 7.48. The van der Waals surface area contributed by atoms with Crippen molar-refractivity contribution in [2.24, 2.45) is 5.41 Å². The second kappa shape index (κ2) is 4.82. The second-order valence-corrected chi connectivity index (χ2v) is 6.26. The van der Waals surface area contributed by atoms with Crippen LogP contribution in [0.1, 0.15) is 24.8 Å². The molecule has 1 N–H and O–H groups in total. The summed E-state index contributed by atoms with van der Waals surface area (Å²) in [5.74, 6) is 0. The molecule has 0 saturated carbocycles. The van der Waals surface area contributed by atoms with E-state index in [1.807, 2.05) is 12.1 Å². The molecule has 2 aromatic rings. The summed E-state index contributed by atoms with van der Waals surface area (Å²) in [5.41, 5.74) is 3.56. The predicted molar refractivity (Wildman–Crippen MR) is 76.2 cm³/mol. The van der Waals surface area contributed by atoms with Crippen molar-refractivity contribution >= 4 is 11.0 Å². The van der Waals surface area contributed by atoms with Gasteiger partial charge in [0.2, 0.25) is 0 Å². The number of rotatable bonds is 2. The first-order chi connectivity index (χ1) is 9.85. The molecule has 2 aliphatic rings. The van der Waals surface area contributed by atoms with Crippen molar-refractivity contribution in [1.29, 1.82) is 0 Å². The molecular weight excluding hydrogens is 252 g/mol. The third-order valence-electron chi connectivity index (χ3n) is 4.95. The van der Waals surface area contributed by atoms with Crippen molar-refractivity contribution in [3.05, 3.63) is 23.8 Å². The highest BCUT2D eigenvalue weighted by atomic mass is 16.6. The van der Waals surface area contributed by atoms with Crippen LogP contribution in [0, 0.1) is 5.41 Å². The van der Waals surface area contributed by atoms with Crippen LogP contribution in [-0.4, -0.2) is 41.4 Å². The molecule has 4 rings (SSSR count). The molecule has 2 saturated heterocycles. The minimum atomic E-state index is 0.557. The lowest BCUT2D eigenvalue weighted by Gasteiger charge is -2.33. The standard InChI is InChI=1S/C15H20N4O/c1-2-12(14-13(3-1)17-20-18-14)10-19-9-6-15(11-19)4-7-16-8-5-15/h1-3,16H,4-11H2. The molecule has 0 amide bonds. The summed E-state index contributed by atoms with van der Waals surface area (Å²) in [5, 5.41) is 11.4. The van der Waals surface area contributed by atoms with Crippen molar-refractivity contribution < 1.29 is 4.63 Å². The van der Waals surface area contributed by atoms with Crippen molar-refractivity contribution in [2.45, 2.75) is 25.8 Å². The smallest absolute Gasteiger partial charge is 0.139 e. The number of aromatic nitrogens is 2. The Morgan fingerprint density at radius 1 is 1.20 bits per heavy atom. The Labute approximate surface area is 118 Å². The lowest BCUT2D eigenvalue weighted by atomic mass is 9.78. The maximum atomic E-state index is 4.85. The summed E-state index contributed by atoms with van der Waals surface area (Å²) in [4.78, 5) is 2.56. The van der Waals surface area contributed by atoms with Crippen LogP contribution in [0.2, 0.25) is 0 Å². The number of hydrogen-bond acceptors (Lipinski definition) is 5. The van der Waals surface area contributed by atoms with E-state index in [0.717, 1.165) is 17.6 Å². The molecule has 3 heterocycles. The van der Waals surface area contributed by atoms with Gasteiger partial charge in [-0.3, -0.25) is 4.90 Å². The molecule has 2 fully saturated rings. The molecule has 20 heavy (non-hydrogen) atoms. The van der Waals surface area contributed by atoms with Gasteiger partial charge in [-0.2, -0.15) is 0 Å². The van der Waals surface area contributed by atoms with Gasteiger partial charge in [-0.15, -0.1) is 0 Å². The minimum absolute atomic E-state index is 0.557. The SMILES string of the molecule is c1cc(CN2CCC3(CCNCC3)C2)c2nonc2c1. The first-order valence-corrected chi connectivity index (χ1v) is 7.48.